The van der Waals surface area contributed by atoms with Gasteiger partial charge >= 0.3 is 5.97 Å². The fraction of sp³-hybridized carbons (Fsp3) is 0.600. The summed E-state index contributed by atoms with van der Waals surface area (Å²) in [7, 11) is -6.90. The Morgan fingerprint density at radius 2 is 1.07 bits per heavy atom. The molecule has 0 saturated carbocycles. The Balaban J connectivity index is 0.000000170. The van der Waals surface area contributed by atoms with E-state index in [2.05, 4.69) is 0 Å². The number of carbonyl (C=O) groups is 2. The van der Waals surface area contributed by atoms with Crippen molar-refractivity contribution in [3.05, 3.63) is 70.0 Å². The first kappa shape index (κ1) is 42.9. The highest BCUT2D eigenvalue weighted by molar-refractivity contribution is 7.90. The number of nitrogens with zero attached hydrogens (tertiary/aromatic N) is 3. The number of piperidine rings is 1. The monoisotopic (exact) mass is 865 g/mol. The summed E-state index contributed by atoms with van der Waals surface area (Å²) in [5, 5.41) is 20.8. The van der Waals surface area contributed by atoms with E-state index >= 15 is 0 Å². The molecule has 9 rings (SSSR count). The molecule has 1 amide bonds. The van der Waals surface area contributed by atoms with Crippen LogP contribution in [0.2, 0.25) is 0 Å². The average molecular weight is 866 g/mol. The zero-order valence-electron chi connectivity index (χ0n) is 34.8. The van der Waals surface area contributed by atoms with Crippen LogP contribution in [0.3, 0.4) is 0 Å². The van der Waals surface area contributed by atoms with Crippen molar-refractivity contribution < 1.29 is 46.1 Å². The van der Waals surface area contributed by atoms with Crippen molar-refractivity contribution >= 4 is 53.7 Å². The maximum atomic E-state index is 13.2. The van der Waals surface area contributed by atoms with Gasteiger partial charge in [0.05, 0.1) is 34.2 Å². The molecule has 13 nitrogen and oxygen atoms in total. The van der Waals surface area contributed by atoms with E-state index in [0.29, 0.717) is 72.6 Å². The number of fused-ring (bicyclic) bond motifs is 6. The number of ether oxygens (including phenoxy) is 2. The molecular weight excluding hydrogens is 807 g/mol. The van der Waals surface area contributed by atoms with E-state index in [1.54, 1.807) is 40.9 Å². The second-order valence-electron chi connectivity index (χ2n) is 17.4. The lowest BCUT2D eigenvalue weighted by Crippen LogP contribution is -2.40. The summed E-state index contributed by atoms with van der Waals surface area (Å²) < 4.78 is 65.8. The van der Waals surface area contributed by atoms with Gasteiger partial charge in [0.25, 0.3) is 5.91 Å². The summed E-state index contributed by atoms with van der Waals surface area (Å²) in [4.78, 5) is 26.4. The van der Waals surface area contributed by atoms with Crippen LogP contribution < -0.4 is 0 Å². The molecular formula is C45H59N3O10S2. The van der Waals surface area contributed by atoms with Gasteiger partial charge in [0.15, 0.2) is 0 Å². The largest absolute Gasteiger partial charge is 0.478 e. The summed E-state index contributed by atoms with van der Waals surface area (Å²) in [6.07, 6.45) is 10.2. The van der Waals surface area contributed by atoms with Gasteiger partial charge in [-0.05, 0) is 162 Å². The van der Waals surface area contributed by atoms with E-state index in [-0.39, 0.29) is 29.1 Å². The molecule has 2 unspecified atom stereocenters. The van der Waals surface area contributed by atoms with Crippen molar-refractivity contribution in [3.63, 3.8) is 0 Å². The summed E-state index contributed by atoms with van der Waals surface area (Å²) in [5.74, 6) is 1.25. The predicted molar refractivity (Wildman–Crippen MR) is 230 cm³/mol. The van der Waals surface area contributed by atoms with Crippen LogP contribution in [0, 0.1) is 23.7 Å². The number of carboxylic acids is 1. The molecule has 3 fully saturated rings. The van der Waals surface area contributed by atoms with Crippen molar-refractivity contribution in [1.29, 1.82) is 0 Å². The highest BCUT2D eigenvalue weighted by Crippen LogP contribution is 2.42. The highest BCUT2D eigenvalue weighted by atomic mass is 32.2. The molecule has 2 atom stereocenters. The number of hydrogen-bond acceptors (Lipinski definition) is 9. The third kappa shape index (κ3) is 8.28. The van der Waals surface area contributed by atoms with Gasteiger partial charge in [-0.1, -0.05) is 0 Å². The van der Waals surface area contributed by atoms with Crippen LogP contribution in [-0.4, -0.2) is 109 Å². The number of aromatic nitrogens is 2. The van der Waals surface area contributed by atoms with Gasteiger partial charge < -0.3 is 24.6 Å². The Bertz CT molecular complexity index is 2470. The van der Waals surface area contributed by atoms with Crippen molar-refractivity contribution in [2.45, 2.75) is 97.0 Å². The van der Waals surface area contributed by atoms with E-state index < -0.39 is 26.0 Å². The van der Waals surface area contributed by atoms with Crippen molar-refractivity contribution in [2.75, 3.05) is 51.0 Å². The number of hydrogen-bond donors (Lipinski definition) is 2. The predicted octanol–water partition coefficient (Wildman–Crippen LogP) is 6.04. The molecule has 60 heavy (non-hydrogen) atoms. The van der Waals surface area contributed by atoms with Crippen molar-refractivity contribution in [2.24, 2.45) is 23.7 Å². The molecule has 2 N–H and O–H groups in total. The van der Waals surface area contributed by atoms with Crippen LogP contribution in [0.15, 0.2) is 36.4 Å². The highest BCUT2D eigenvalue weighted by Gasteiger charge is 2.36. The van der Waals surface area contributed by atoms with E-state index in [1.807, 2.05) is 12.1 Å². The molecule has 5 aliphatic rings. The summed E-state index contributed by atoms with van der Waals surface area (Å²) in [5.41, 5.74) is 5.98. The molecule has 2 aromatic heterocycles. The number of likely N-dealkylation sites (tertiary alicyclic amines) is 1. The first-order valence-electron chi connectivity index (χ1n) is 22.0. The van der Waals surface area contributed by atoms with Crippen molar-refractivity contribution in [1.82, 2.24) is 12.8 Å². The lowest BCUT2D eigenvalue weighted by molar-refractivity contribution is 0.0438. The zero-order valence-corrected chi connectivity index (χ0v) is 36.4. The molecule has 2 aromatic carbocycles. The maximum absolute atomic E-state index is 13.2. The Morgan fingerprint density at radius 3 is 1.50 bits per heavy atom. The zero-order chi connectivity index (χ0) is 42.3. The van der Waals surface area contributed by atoms with E-state index in [0.717, 1.165) is 118 Å². The molecule has 0 spiro atoms. The van der Waals surface area contributed by atoms with Crippen LogP contribution in [0.5, 0.6) is 0 Å². The van der Waals surface area contributed by atoms with Gasteiger partial charge in [-0.25, -0.2) is 29.6 Å². The van der Waals surface area contributed by atoms with Crippen LogP contribution in [0.1, 0.15) is 108 Å². The SMILES string of the molecule is CCS(=O)(=O)n1c2c(c3cc(C(=O)N4CCC(O)CC4)ccc31)CC(C1CCOCC1)CC2.CCS(=O)(=O)n1c2c(c3cc(C(=O)O)ccc31)CC(C1CCOCC1)CC2. The van der Waals surface area contributed by atoms with Crippen LogP contribution in [0.4, 0.5) is 0 Å². The summed E-state index contributed by atoms with van der Waals surface area (Å²) in [6.45, 7) is 7.63. The van der Waals surface area contributed by atoms with Gasteiger partial charge in [-0.3, -0.25) is 4.79 Å². The van der Waals surface area contributed by atoms with Gasteiger partial charge in [0.1, 0.15) is 0 Å². The molecule has 0 radical (unpaired) electrons. The third-order valence-corrected chi connectivity index (χ3v) is 17.5. The minimum Gasteiger partial charge on any atom is -0.478 e. The van der Waals surface area contributed by atoms with E-state index in [4.69, 9.17) is 9.47 Å². The normalized spacial score (nSPS) is 22.3. The van der Waals surface area contributed by atoms with Crippen molar-refractivity contribution in [3.8, 4) is 0 Å². The minimum atomic E-state index is -3.45. The van der Waals surface area contributed by atoms with E-state index in [1.165, 1.54) is 10.0 Å². The molecule has 3 saturated heterocycles. The number of carboxylic acid groups (broad SMARTS) is 1. The summed E-state index contributed by atoms with van der Waals surface area (Å²) in [6, 6.07) is 10.3. The second-order valence-corrected chi connectivity index (χ2v) is 21.6. The van der Waals surface area contributed by atoms with Gasteiger partial charge in [-0.2, -0.15) is 0 Å². The minimum absolute atomic E-state index is 0.0211. The van der Waals surface area contributed by atoms with Crippen LogP contribution in [-0.2, 0) is 55.2 Å². The lowest BCUT2D eigenvalue weighted by atomic mass is 9.75. The quantitative estimate of drug-likeness (QED) is 0.213. The molecule has 3 aliphatic heterocycles. The van der Waals surface area contributed by atoms with E-state index in [9.17, 15) is 36.6 Å². The molecule has 326 valence electrons. The number of amides is 1. The number of benzene rings is 2. The first-order valence-corrected chi connectivity index (χ1v) is 25.2. The van der Waals surface area contributed by atoms with Gasteiger partial charge in [0, 0.05) is 67.2 Å². The molecule has 0 bridgehead atoms. The Morgan fingerprint density at radius 1 is 0.633 bits per heavy atom. The fourth-order valence-corrected chi connectivity index (χ4v) is 13.2. The number of rotatable bonds is 8. The van der Waals surface area contributed by atoms with Gasteiger partial charge in [-0.15, -0.1) is 0 Å². The standard InChI is InChI=1S/C25H34N2O5S.C20H25NO5S/c1-2-33(30,31)27-23-5-3-18(17-9-13-32-14-10-17)15-21(23)22-16-19(4-6-24(22)27)25(29)26-11-7-20(28)8-12-26;1-2-27(24,25)21-18-5-3-14(13-7-9-26-10-8-13)11-16(18)17-12-15(20(22)23)4-6-19(17)21/h4,6,16-18,20,28H,2-3,5,7-15H2,1H3;4,6,12-14H,2-3,5,7-11H2,1H3,(H,22,23). The Kier molecular flexibility index (Phi) is 12.5. The summed E-state index contributed by atoms with van der Waals surface area (Å²) >= 11 is 0. The number of aromatic carboxylic acids is 1. The van der Waals surface area contributed by atoms with Gasteiger partial charge in [0.2, 0.25) is 20.0 Å². The molecule has 4 aromatic rings. The Hall–Kier alpha value is -3.76. The third-order valence-electron chi connectivity index (χ3n) is 14.1. The second kappa shape index (κ2) is 17.5. The molecule has 2 aliphatic carbocycles. The average Bonchev–Trinajstić information content (AvgIpc) is 3.79. The Labute approximate surface area is 353 Å². The smallest absolute Gasteiger partial charge is 0.335 e. The first-order chi connectivity index (χ1) is 28.8. The maximum Gasteiger partial charge on any atom is 0.335 e. The van der Waals surface area contributed by atoms with Crippen LogP contribution in [0.25, 0.3) is 21.8 Å². The molecule has 5 heterocycles. The topological polar surface area (TPSA) is 174 Å². The fourth-order valence-electron chi connectivity index (χ4n) is 10.7. The number of aliphatic hydroxyl groups is 1. The lowest BCUT2D eigenvalue weighted by Gasteiger charge is -2.33. The molecule has 15 heteroatoms. The number of aliphatic hydroxyl groups excluding tert-OH is 1. The van der Waals surface area contributed by atoms with Crippen LogP contribution >= 0.6 is 0 Å². The number of carbonyl (C=O) groups excluding carboxylic acids is 1.